The molecule has 3 rings (SSSR count). The molecule has 1 aromatic heterocycles. The van der Waals surface area contributed by atoms with Crippen LogP contribution in [0.5, 0.6) is 0 Å². The molecule has 0 spiro atoms. The summed E-state index contributed by atoms with van der Waals surface area (Å²) in [7, 11) is 3.31. The number of rotatable bonds is 9. The molecule has 0 unspecified atom stereocenters. The van der Waals surface area contributed by atoms with Crippen molar-refractivity contribution in [3.63, 3.8) is 0 Å². The Morgan fingerprint density at radius 1 is 1.20 bits per heavy atom. The summed E-state index contributed by atoms with van der Waals surface area (Å²) in [5.74, 6) is 0.655. The minimum absolute atomic E-state index is 0.0634. The van der Waals surface area contributed by atoms with Gasteiger partial charge >= 0.3 is 6.03 Å². The van der Waals surface area contributed by atoms with Gasteiger partial charge in [0.2, 0.25) is 0 Å². The second-order valence-electron chi connectivity index (χ2n) is 7.52. The number of halogens is 1. The van der Waals surface area contributed by atoms with E-state index in [1.807, 2.05) is 4.90 Å². The number of amides is 2. The Morgan fingerprint density at radius 3 is 2.57 bits per heavy atom. The van der Waals surface area contributed by atoms with Crippen molar-refractivity contribution in [1.29, 1.82) is 0 Å². The molecule has 1 saturated heterocycles. The van der Waals surface area contributed by atoms with Crippen LogP contribution >= 0.6 is 0 Å². The van der Waals surface area contributed by atoms with Gasteiger partial charge < -0.3 is 24.2 Å². The minimum Gasteiger partial charge on any atom is -0.385 e. The molecule has 1 aliphatic rings. The monoisotopic (exact) mass is 420 g/mol. The highest BCUT2D eigenvalue weighted by Crippen LogP contribution is 2.38. The molecule has 0 radical (unpaired) electrons. The van der Waals surface area contributed by atoms with Crippen LogP contribution in [0.4, 0.5) is 9.18 Å². The van der Waals surface area contributed by atoms with Crippen molar-refractivity contribution < 1.29 is 23.2 Å². The normalized spacial score (nSPS) is 15.9. The molecule has 1 fully saturated rings. The molecular weight excluding hydrogens is 391 g/mol. The van der Waals surface area contributed by atoms with Crippen molar-refractivity contribution in [2.45, 2.75) is 31.1 Å². The van der Waals surface area contributed by atoms with Gasteiger partial charge in [-0.25, -0.2) is 9.18 Å². The van der Waals surface area contributed by atoms with Crippen molar-refractivity contribution in [3.8, 4) is 11.5 Å². The number of hydrogen-bond acceptors (Lipinski definition) is 6. The minimum atomic E-state index is -0.329. The van der Waals surface area contributed by atoms with E-state index in [9.17, 15) is 9.18 Å². The molecule has 1 N–H and O–H groups in total. The van der Waals surface area contributed by atoms with Crippen molar-refractivity contribution in [2.75, 3.05) is 47.1 Å². The van der Waals surface area contributed by atoms with E-state index < -0.39 is 0 Å². The molecule has 1 aromatic carbocycles. The summed E-state index contributed by atoms with van der Waals surface area (Å²) in [5, 5.41) is 7.16. The van der Waals surface area contributed by atoms with E-state index in [1.165, 1.54) is 12.1 Å². The number of aromatic nitrogens is 2. The number of nitrogens with one attached hydrogen (secondary N) is 1. The summed E-state index contributed by atoms with van der Waals surface area (Å²) in [6.07, 6.45) is 2.94. The predicted octanol–water partition coefficient (Wildman–Crippen LogP) is 2.99. The van der Waals surface area contributed by atoms with Crippen LogP contribution in [-0.4, -0.2) is 68.1 Å². The van der Waals surface area contributed by atoms with Crippen LogP contribution in [0.15, 0.2) is 28.8 Å². The fourth-order valence-electron chi connectivity index (χ4n) is 3.69. The lowest BCUT2D eigenvalue weighted by atomic mass is 9.75. The van der Waals surface area contributed by atoms with Crippen molar-refractivity contribution in [3.05, 3.63) is 35.9 Å². The molecule has 2 aromatic rings. The van der Waals surface area contributed by atoms with Crippen molar-refractivity contribution in [1.82, 2.24) is 20.4 Å². The van der Waals surface area contributed by atoms with Crippen LogP contribution < -0.4 is 5.32 Å². The Labute approximate surface area is 175 Å². The molecule has 2 heterocycles. The molecule has 0 saturated carbocycles. The molecule has 0 bridgehead atoms. The lowest BCUT2D eigenvalue weighted by Gasteiger charge is -2.39. The summed E-state index contributed by atoms with van der Waals surface area (Å²) in [5.41, 5.74) is 0.342. The number of ether oxygens (including phenoxy) is 2. The average molecular weight is 420 g/mol. The largest absolute Gasteiger partial charge is 0.385 e. The molecular formula is C21H29FN4O4. The summed E-state index contributed by atoms with van der Waals surface area (Å²) in [6, 6.07) is 5.90. The fourth-order valence-corrected chi connectivity index (χ4v) is 3.69. The standard InChI is InChI=1S/C21H29FN4O4/c1-28-14-3-11-23-20(27)26-12-8-21(9-13-26,10-15-29-2)19-24-18(30-25-19)16-4-6-17(22)7-5-16/h4-7H,3,8-15H2,1-2H3,(H,23,27). The predicted molar refractivity (Wildman–Crippen MR) is 109 cm³/mol. The molecule has 1 aliphatic heterocycles. The molecule has 9 heteroatoms. The van der Waals surface area contributed by atoms with E-state index in [2.05, 4.69) is 15.5 Å². The number of carbonyl (C=O) groups is 1. The van der Waals surface area contributed by atoms with E-state index in [-0.39, 0.29) is 17.3 Å². The zero-order chi connectivity index (χ0) is 21.4. The maximum Gasteiger partial charge on any atom is 0.317 e. The number of carbonyl (C=O) groups excluding carboxylic acids is 1. The number of likely N-dealkylation sites (tertiary alicyclic amines) is 1. The van der Waals surface area contributed by atoms with Gasteiger partial charge in [0, 0.05) is 58.0 Å². The third-order valence-corrected chi connectivity index (χ3v) is 5.59. The second-order valence-corrected chi connectivity index (χ2v) is 7.52. The summed E-state index contributed by atoms with van der Waals surface area (Å²) in [6.45, 7) is 2.96. The smallest absolute Gasteiger partial charge is 0.317 e. The molecule has 30 heavy (non-hydrogen) atoms. The summed E-state index contributed by atoms with van der Waals surface area (Å²) < 4.78 is 29.0. The topological polar surface area (TPSA) is 89.7 Å². The van der Waals surface area contributed by atoms with Gasteiger partial charge in [-0.2, -0.15) is 4.98 Å². The van der Waals surface area contributed by atoms with Crippen LogP contribution in [0.3, 0.4) is 0 Å². The molecule has 0 aliphatic carbocycles. The summed E-state index contributed by atoms with van der Waals surface area (Å²) >= 11 is 0. The summed E-state index contributed by atoms with van der Waals surface area (Å²) in [4.78, 5) is 18.8. The lowest BCUT2D eigenvalue weighted by Crippen LogP contribution is -2.49. The van der Waals surface area contributed by atoms with Crippen LogP contribution in [-0.2, 0) is 14.9 Å². The molecule has 8 nitrogen and oxygen atoms in total. The Balaban J connectivity index is 1.68. The zero-order valence-electron chi connectivity index (χ0n) is 17.5. The van der Waals surface area contributed by atoms with E-state index >= 15 is 0 Å². The maximum atomic E-state index is 13.2. The number of benzene rings is 1. The molecule has 0 atom stereocenters. The SMILES string of the molecule is COCCCNC(=O)N1CCC(CCOC)(c2noc(-c3ccc(F)cc3)n2)CC1. The first-order chi connectivity index (χ1) is 14.6. The average Bonchev–Trinajstić information content (AvgIpc) is 3.27. The number of hydrogen-bond donors (Lipinski definition) is 1. The Bertz CT molecular complexity index is 804. The van der Waals surface area contributed by atoms with Gasteiger partial charge in [0.15, 0.2) is 5.82 Å². The Hall–Kier alpha value is -2.52. The zero-order valence-corrected chi connectivity index (χ0v) is 17.5. The third kappa shape index (κ3) is 5.34. The van der Waals surface area contributed by atoms with Crippen LogP contribution in [0, 0.1) is 5.82 Å². The van der Waals surface area contributed by atoms with E-state index in [4.69, 9.17) is 14.0 Å². The van der Waals surface area contributed by atoms with Crippen molar-refractivity contribution >= 4 is 6.03 Å². The highest BCUT2D eigenvalue weighted by atomic mass is 19.1. The number of piperidine rings is 1. The fraction of sp³-hybridized carbons (Fsp3) is 0.571. The first-order valence-electron chi connectivity index (χ1n) is 10.2. The van der Waals surface area contributed by atoms with Crippen LogP contribution in [0.2, 0.25) is 0 Å². The second kappa shape index (κ2) is 10.5. The van der Waals surface area contributed by atoms with Crippen LogP contribution in [0.1, 0.15) is 31.5 Å². The van der Waals surface area contributed by atoms with E-state index in [0.29, 0.717) is 63.0 Å². The van der Waals surface area contributed by atoms with Crippen LogP contribution in [0.25, 0.3) is 11.5 Å². The Morgan fingerprint density at radius 2 is 1.90 bits per heavy atom. The first-order valence-corrected chi connectivity index (χ1v) is 10.2. The van der Waals surface area contributed by atoms with Gasteiger partial charge in [0.1, 0.15) is 5.82 Å². The number of nitrogens with zero attached hydrogens (tertiary/aromatic N) is 3. The van der Waals surface area contributed by atoms with Crippen molar-refractivity contribution in [2.24, 2.45) is 0 Å². The quantitative estimate of drug-likeness (QED) is 0.628. The molecule has 164 valence electrons. The maximum absolute atomic E-state index is 13.2. The third-order valence-electron chi connectivity index (χ3n) is 5.59. The highest BCUT2D eigenvalue weighted by molar-refractivity contribution is 5.74. The number of methoxy groups -OCH3 is 2. The first kappa shape index (κ1) is 22.2. The van der Waals surface area contributed by atoms with Gasteiger partial charge in [-0.1, -0.05) is 5.16 Å². The van der Waals surface area contributed by atoms with Gasteiger partial charge in [-0.15, -0.1) is 0 Å². The Kier molecular flexibility index (Phi) is 7.75. The van der Waals surface area contributed by atoms with E-state index in [1.54, 1.807) is 26.4 Å². The van der Waals surface area contributed by atoms with Gasteiger partial charge in [0.05, 0.1) is 0 Å². The van der Waals surface area contributed by atoms with Gasteiger partial charge in [-0.3, -0.25) is 0 Å². The van der Waals surface area contributed by atoms with E-state index in [0.717, 1.165) is 12.8 Å². The van der Waals surface area contributed by atoms with Gasteiger partial charge in [0.25, 0.3) is 5.89 Å². The molecule has 2 amide bonds. The van der Waals surface area contributed by atoms with Gasteiger partial charge in [-0.05, 0) is 49.9 Å². The number of urea groups is 1. The highest BCUT2D eigenvalue weighted by Gasteiger charge is 2.41. The lowest BCUT2D eigenvalue weighted by molar-refractivity contribution is 0.114.